The van der Waals surface area contributed by atoms with Crippen molar-refractivity contribution in [3.05, 3.63) is 30.0 Å². The Bertz CT molecular complexity index is 1300. The number of aliphatic hydroxyl groups excluding tert-OH is 1. The fourth-order valence-corrected chi connectivity index (χ4v) is 7.45. The van der Waals surface area contributed by atoms with Crippen LogP contribution < -0.4 is 15.4 Å². The Hall–Kier alpha value is -3.40. The summed E-state index contributed by atoms with van der Waals surface area (Å²) in [4.78, 5) is 57.5. The van der Waals surface area contributed by atoms with E-state index >= 15 is 0 Å². The van der Waals surface area contributed by atoms with E-state index in [0.717, 1.165) is 43.0 Å². The maximum absolute atomic E-state index is 13.8. The summed E-state index contributed by atoms with van der Waals surface area (Å²) in [5, 5.41) is 16.3. The lowest BCUT2D eigenvalue weighted by atomic mass is 9.67. The molecule has 10 nitrogen and oxygen atoms in total. The number of piperidine rings is 2. The fourth-order valence-electron chi connectivity index (χ4n) is 7.45. The van der Waals surface area contributed by atoms with Crippen molar-refractivity contribution in [2.24, 2.45) is 23.7 Å². The van der Waals surface area contributed by atoms with E-state index in [4.69, 9.17) is 4.74 Å². The first-order valence-corrected chi connectivity index (χ1v) is 14.1. The Morgan fingerprint density at radius 3 is 2.77 bits per heavy atom. The number of Topliss-reactive ketones (excluding diaryl/α,β-unsaturated/α-hetero) is 1. The summed E-state index contributed by atoms with van der Waals surface area (Å²) in [5.41, 5.74) is 1.16. The molecular formula is C29H36N4O6. The number of H-pyrrole nitrogens is 1. The van der Waals surface area contributed by atoms with E-state index < -0.39 is 24.5 Å². The van der Waals surface area contributed by atoms with E-state index in [-0.39, 0.29) is 47.9 Å². The number of aliphatic hydroxyl groups is 1. The van der Waals surface area contributed by atoms with Gasteiger partial charge in [-0.25, -0.2) is 0 Å². The van der Waals surface area contributed by atoms with Crippen LogP contribution in [0.15, 0.2) is 24.3 Å². The van der Waals surface area contributed by atoms with Gasteiger partial charge in [0.15, 0.2) is 5.78 Å². The standard InChI is InChI=1S/C29H36N4O6/c1-39-25-7-3-6-21-20(25)12-23(31-21)29(38)33-13-15-4-2-5-18(15)26(33)28(37)32-22(24(35)14-34)9-8-19-16-10-17(11-16)30-27(19)36/h3,6-7,12,15-19,22,26,31,34H,2,4-5,8-11,13-14H2,1H3,(H,30,36)(H,32,37)/t15-,16?,17?,18-,19+,22-,26-/m0/s1. The molecule has 2 saturated carbocycles. The minimum Gasteiger partial charge on any atom is -0.496 e. The second kappa shape index (κ2) is 10.3. The van der Waals surface area contributed by atoms with Crippen LogP contribution >= 0.6 is 0 Å². The average molecular weight is 537 g/mol. The van der Waals surface area contributed by atoms with Gasteiger partial charge in [0.1, 0.15) is 24.1 Å². The first-order chi connectivity index (χ1) is 18.9. The van der Waals surface area contributed by atoms with Gasteiger partial charge in [-0.2, -0.15) is 0 Å². The molecule has 1 aromatic carbocycles. The number of ketones is 1. The first kappa shape index (κ1) is 25.9. The largest absolute Gasteiger partial charge is 0.496 e. The normalized spacial score (nSPS) is 29.9. The number of aromatic amines is 1. The van der Waals surface area contributed by atoms with Crippen LogP contribution in [0.4, 0.5) is 0 Å². The zero-order valence-electron chi connectivity index (χ0n) is 22.2. The Morgan fingerprint density at radius 2 is 2.03 bits per heavy atom. The van der Waals surface area contributed by atoms with Crippen LogP contribution in [0.25, 0.3) is 10.9 Å². The van der Waals surface area contributed by atoms with Crippen LogP contribution in [0.2, 0.25) is 0 Å². The molecule has 4 heterocycles. The van der Waals surface area contributed by atoms with Crippen molar-refractivity contribution >= 4 is 34.4 Å². The van der Waals surface area contributed by atoms with E-state index in [0.29, 0.717) is 30.3 Å². The van der Waals surface area contributed by atoms with Crippen molar-refractivity contribution in [2.45, 2.75) is 63.1 Å². The number of rotatable bonds is 9. The molecule has 5 fully saturated rings. The Balaban J connectivity index is 1.20. The lowest BCUT2D eigenvalue weighted by Crippen LogP contribution is -2.57. The molecule has 3 amide bonds. The summed E-state index contributed by atoms with van der Waals surface area (Å²) < 4.78 is 5.44. The number of hydrogen-bond donors (Lipinski definition) is 4. The number of methoxy groups -OCH3 is 1. The first-order valence-electron chi connectivity index (χ1n) is 14.1. The number of nitrogens with zero attached hydrogens (tertiary/aromatic N) is 1. The van der Waals surface area contributed by atoms with Crippen LogP contribution in [-0.2, 0) is 14.4 Å². The zero-order valence-corrected chi connectivity index (χ0v) is 22.2. The summed E-state index contributed by atoms with van der Waals surface area (Å²) >= 11 is 0. The summed E-state index contributed by atoms with van der Waals surface area (Å²) in [5.74, 6) is -0.0360. The molecule has 2 aromatic rings. The van der Waals surface area contributed by atoms with Gasteiger partial charge in [0.05, 0.1) is 13.2 Å². The number of ether oxygens (including phenoxy) is 1. The molecule has 10 heteroatoms. The number of amides is 3. The summed E-state index contributed by atoms with van der Waals surface area (Å²) in [7, 11) is 1.58. The maximum atomic E-state index is 13.8. The predicted octanol–water partition coefficient (Wildman–Crippen LogP) is 1.77. The molecule has 4 N–H and O–H groups in total. The molecular weight excluding hydrogens is 500 g/mol. The molecule has 208 valence electrons. The lowest BCUT2D eigenvalue weighted by molar-refractivity contribution is -0.137. The van der Waals surface area contributed by atoms with Gasteiger partial charge in [-0.15, -0.1) is 0 Å². The van der Waals surface area contributed by atoms with Gasteiger partial charge < -0.3 is 30.4 Å². The highest BCUT2D eigenvalue weighted by atomic mass is 16.5. The molecule has 0 radical (unpaired) electrons. The van der Waals surface area contributed by atoms with Gasteiger partial charge in [0, 0.05) is 29.4 Å². The highest BCUT2D eigenvalue weighted by Crippen LogP contribution is 2.43. The third kappa shape index (κ3) is 4.58. The van der Waals surface area contributed by atoms with E-state index in [1.54, 1.807) is 18.1 Å². The third-order valence-corrected chi connectivity index (χ3v) is 9.55. The van der Waals surface area contributed by atoms with E-state index in [1.807, 2.05) is 18.2 Å². The Kier molecular flexibility index (Phi) is 6.82. The van der Waals surface area contributed by atoms with Gasteiger partial charge in [-0.05, 0) is 74.5 Å². The molecule has 39 heavy (non-hydrogen) atoms. The highest BCUT2D eigenvalue weighted by molar-refractivity contribution is 6.02. The van der Waals surface area contributed by atoms with Crippen LogP contribution in [0.5, 0.6) is 5.75 Å². The number of carbonyl (C=O) groups is 4. The van der Waals surface area contributed by atoms with Gasteiger partial charge >= 0.3 is 0 Å². The van der Waals surface area contributed by atoms with Crippen molar-refractivity contribution in [2.75, 3.05) is 20.3 Å². The quantitative estimate of drug-likeness (QED) is 0.385. The number of aromatic nitrogens is 1. The van der Waals surface area contributed by atoms with Gasteiger partial charge in [-0.1, -0.05) is 12.5 Å². The van der Waals surface area contributed by atoms with Crippen molar-refractivity contribution in [1.29, 1.82) is 0 Å². The smallest absolute Gasteiger partial charge is 0.271 e. The molecule has 0 unspecified atom stereocenters. The average Bonchev–Trinajstić information content (AvgIpc) is 3.64. The zero-order chi connectivity index (χ0) is 27.3. The minimum atomic E-state index is -0.900. The minimum absolute atomic E-state index is 0.0142. The molecule has 5 atom stereocenters. The van der Waals surface area contributed by atoms with Crippen molar-refractivity contribution in [3.63, 3.8) is 0 Å². The number of benzene rings is 1. The fraction of sp³-hybridized carbons (Fsp3) is 0.586. The third-order valence-electron chi connectivity index (χ3n) is 9.55. The number of hydrogen-bond acceptors (Lipinski definition) is 6. The Labute approximate surface area is 226 Å². The van der Waals surface area contributed by atoms with E-state index in [1.165, 1.54) is 0 Å². The summed E-state index contributed by atoms with van der Waals surface area (Å²) in [6.07, 6.45) is 5.47. The Morgan fingerprint density at radius 1 is 1.21 bits per heavy atom. The van der Waals surface area contributed by atoms with Crippen molar-refractivity contribution < 1.29 is 29.0 Å². The van der Waals surface area contributed by atoms with Crippen LogP contribution in [-0.4, -0.2) is 76.9 Å². The number of fused-ring (bicyclic) bond motifs is 4. The van der Waals surface area contributed by atoms with Crippen LogP contribution in [0.1, 0.15) is 55.4 Å². The monoisotopic (exact) mass is 536 g/mol. The molecule has 2 bridgehead atoms. The molecule has 1 aromatic heterocycles. The van der Waals surface area contributed by atoms with Crippen LogP contribution in [0.3, 0.4) is 0 Å². The second-order valence-electron chi connectivity index (χ2n) is 11.7. The van der Waals surface area contributed by atoms with E-state index in [9.17, 15) is 24.3 Å². The summed E-state index contributed by atoms with van der Waals surface area (Å²) in [6, 6.07) is 5.99. The SMILES string of the molecule is COc1cccc2[nH]c(C(=O)N3C[C@@H]4CCC[C@@H]4[C@H]3C(=O)N[C@@H](CC[C@H]3C(=O)NC4CC3C4)C(=O)CO)cc12. The highest BCUT2D eigenvalue weighted by Gasteiger charge is 2.50. The lowest BCUT2D eigenvalue weighted by Gasteiger charge is -2.46. The van der Waals surface area contributed by atoms with Crippen molar-refractivity contribution in [1.82, 2.24) is 20.5 Å². The molecule has 3 saturated heterocycles. The molecule has 7 rings (SSSR count). The maximum Gasteiger partial charge on any atom is 0.271 e. The second-order valence-corrected chi connectivity index (χ2v) is 11.7. The molecule has 5 aliphatic rings. The predicted molar refractivity (Wildman–Crippen MR) is 142 cm³/mol. The molecule has 3 aliphatic heterocycles. The number of likely N-dealkylation sites (tertiary alicyclic amines) is 1. The van der Waals surface area contributed by atoms with Gasteiger partial charge in [-0.3, -0.25) is 19.2 Å². The van der Waals surface area contributed by atoms with Gasteiger partial charge in [0.2, 0.25) is 11.8 Å². The molecule has 0 spiro atoms. The number of carbonyl (C=O) groups excluding carboxylic acids is 4. The number of nitrogens with one attached hydrogen (secondary N) is 3. The van der Waals surface area contributed by atoms with Gasteiger partial charge in [0.25, 0.3) is 5.91 Å². The summed E-state index contributed by atoms with van der Waals surface area (Å²) in [6.45, 7) is -0.207. The van der Waals surface area contributed by atoms with Crippen LogP contribution in [0, 0.1) is 23.7 Å². The van der Waals surface area contributed by atoms with Crippen molar-refractivity contribution in [3.8, 4) is 5.75 Å². The molecule has 2 aliphatic carbocycles. The topological polar surface area (TPSA) is 141 Å². The van der Waals surface area contributed by atoms with E-state index in [2.05, 4.69) is 15.6 Å².